The number of nitrogens with zero attached hydrogens (tertiary/aromatic N) is 1. The van der Waals surface area contributed by atoms with Crippen molar-refractivity contribution in [3.05, 3.63) is 64.7 Å². The molecular formula is C17H19ClN2. The highest BCUT2D eigenvalue weighted by atomic mass is 35.5. The molecule has 1 atom stereocenters. The van der Waals surface area contributed by atoms with Gasteiger partial charge in [0.1, 0.15) is 0 Å². The number of fused-ring (bicyclic) bond motifs is 1. The Hall–Kier alpha value is -1.51. The molecule has 1 heterocycles. The molecule has 20 heavy (non-hydrogen) atoms. The lowest BCUT2D eigenvalue weighted by molar-refractivity contribution is 0.639. The quantitative estimate of drug-likeness (QED) is 0.897. The molecule has 0 radical (unpaired) electrons. The van der Waals surface area contributed by atoms with Crippen LogP contribution in [0.5, 0.6) is 0 Å². The molecule has 1 aliphatic heterocycles. The Balaban J connectivity index is 1.97. The summed E-state index contributed by atoms with van der Waals surface area (Å²) in [5.74, 6) is 0. The summed E-state index contributed by atoms with van der Waals surface area (Å²) in [6.07, 6.45) is 0. The molecule has 0 fully saturated rings. The van der Waals surface area contributed by atoms with Gasteiger partial charge in [0, 0.05) is 30.3 Å². The van der Waals surface area contributed by atoms with Gasteiger partial charge in [0.2, 0.25) is 0 Å². The maximum atomic E-state index is 6.13. The monoisotopic (exact) mass is 286 g/mol. The number of hydrogen-bond donors (Lipinski definition) is 1. The van der Waals surface area contributed by atoms with E-state index in [0.29, 0.717) is 6.04 Å². The van der Waals surface area contributed by atoms with Gasteiger partial charge < -0.3 is 10.2 Å². The van der Waals surface area contributed by atoms with E-state index in [1.807, 2.05) is 12.1 Å². The first-order valence-electron chi connectivity index (χ1n) is 7.06. The Labute approximate surface area is 125 Å². The fourth-order valence-corrected chi connectivity index (χ4v) is 3.03. The first kappa shape index (κ1) is 13.5. The Bertz CT molecular complexity index is 597. The maximum absolute atomic E-state index is 6.13. The second-order valence-electron chi connectivity index (χ2n) is 5.23. The molecule has 1 aliphatic rings. The van der Waals surface area contributed by atoms with Crippen molar-refractivity contribution in [2.45, 2.75) is 19.5 Å². The van der Waals surface area contributed by atoms with Gasteiger partial charge in [-0.25, -0.2) is 0 Å². The minimum atomic E-state index is 0.315. The highest BCUT2D eigenvalue weighted by Crippen LogP contribution is 2.31. The van der Waals surface area contributed by atoms with Crippen LogP contribution in [-0.4, -0.2) is 13.1 Å². The van der Waals surface area contributed by atoms with Crippen LogP contribution in [0, 0.1) is 0 Å². The molecule has 1 N–H and O–H groups in total. The highest BCUT2D eigenvalue weighted by molar-refractivity contribution is 6.30. The number of nitrogens with one attached hydrogen (secondary N) is 1. The van der Waals surface area contributed by atoms with Crippen molar-refractivity contribution in [3.63, 3.8) is 0 Å². The van der Waals surface area contributed by atoms with Gasteiger partial charge in [0.15, 0.2) is 0 Å². The van der Waals surface area contributed by atoms with Crippen molar-refractivity contribution in [3.8, 4) is 0 Å². The summed E-state index contributed by atoms with van der Waals surface area (Å²) in [5, 5.41) is 4.28. The van der Waals surface area contributed by atoms with Crippen LogP contribution in [0.1, 0.15) is 24.1 Å². The number of benzene rings is 2. The second-order valence-corrected chi connectivity index (χ2v) is 5.67. The van der Waals surface area contributed by atoms with E-state index in [-0.39, 0.29) is 0 Å². The zero-order valence-electron chi connectivity index (χ0n) is 11.6. The van der Waals surface area contributed by atoms with Gasteiger partial charge in [-0.3, -0.25) is 0 Å². The largest absolute Gasteiger partial charge is 0.363 e. The number of hydrogen-bond acceptors (Lipinski definition) is 2. The van der Waals surface area contributed by atoms with Gasteiger partial charge in [0.05, 0.1) is 6.04 Å². The molecule has 104 valence electrons. The molecule has 3 heteroatoms. The Kier molecular flexibility index (Phi) is 3.95. The summed E-state index contributed by atoms with van der Waals surface area (Å²) in [5.41, 5.74) is 3.94. The van der Waals surface area contributed by atoms with E-state index in [4.69, 9.17) is 11.6 Å². The van der Waals surface area contributed by atoms with Crippen LogP contribution in [0.25, 0.3) is 0 Å². The maximum Gasteiger partial charge on any atom is 0.0515 e. The van der Waals surface area contributed by atoms with Crippen LogP contribution in [0.2, 0.25) is 5.02 Å². The molecule has 0 spiro atoms. The van der Waals surface area contributed by atoms with Crippen LogP contribution in [-0.2, 0) is 6.54 Å². The van der Waals surface area contributed by atoms with E-state index < -0.39 is 0 Å². The molecule has 0 saturated carbocycles. The van der Waals surface area contributed by atoms with Gasteiger partial charge in [-0.1, -0.05) is 41.9 Å². The third-order valence-electron chi connectivity index (χ3n) is 3.94. The molecule has 2 aromatic carbocycles. The lowest BCUT2D eigenvalue weighted by Gasteiger charge is -2.31. The second kappa shape index (κ2) is 5.86. The summed E-state index contributed by atoms with van der Waals surface area (Å²) >= 11 is 6.13. The first-order chi connectivity index (χ1) is 9.75. The summed E-state index contributed by atoms with van der Waals surface area (Å²) in [4.78, 5) is 2.46. The molecular weight excluding hydrogens is 268 g/mol. The Morgan fingerprint density at radius 3 is 2.85 bits per heavy atom. The van der Waals surface area contributed by atoms with Crippen molar-refractivity contribution in [2.75, 3.05) is 18.0 Å². The predicted molar refractivity (Wildman–Crippen MR) is 85.4 cm³/mol. The summed E-state index contributed by atoms with van der Waals surface area (Å²) in [7, 11) is 0. The topological polar surface area (TPSA) is 15.3 Å². The number of rotatable bonds is 2. The molecule has 0 aliphatic carbocycles. The summed E-state index contributed by atoms with van der Waals surface area (Å²) in [6, 6.07) is 17.1. The van der Waals surface area contributed by atoms with Gasteiger partial charge in [-0.2, -0.15) is 0 Å². The standard InChI is InChI=1S/C17H19ClN2/c1-13(14-6-4-7-16(18)11-14)20-10-9-19-12-15-5-2-3-8-17(15)20/h2-8,11,13,19H,9-10,12H2,1H3. The van der Waals surface area contributed by atoms with Crippen molar-refractivity contribution < 1.29 is 0 Å². The fraction of sp³-hybridized carbons (Fsp3) is 0.294. The number of anilines is 1. The molecule has 0 bridgehead atoms. The lowest BCUT2D eigenvalue weighted by atomic mass is 10.0. The van der Waals surface area contributed by atoms with E-state index >= 15 is 0 Å². The zero-order chi connectivity index (χ0) is 13.9. The van der Waals surface area contributed by atoms with Crippen LogP contribution < -0.4 is 10.2 Å². The Morgan fingerprint density at radius 2 is 2.00 bits per heavy atom. The van der Waals surface area contributed by atoms with Gasteiger partial charge in [0.25, 0.3) is 0 Å². The SMILES string of the molecule is CC(c1cccc(Cl)c1)N1CCNCc2ccccc21. The molecule has 2 aromatic rings. The van der Waals surface area contributed by atoms with E-state index in [9.17, 15) is 0 Å². The fourth-order valence-electron chi connectivity index (χ4n) is 2.83. The minimum Gasteiger partial charge on any atom is -0.363 e. The van der Waals surface area contributed by atoms with Crippen molar-refractivity contribution in [1.29, 1.82) is 0 Å². The van der Waals surface area contributed by atoms with E-state index in [1.54, 1.807) is 0 Å². The minimum absolute atomic E-state index is 0.315. The van der Waals surface area contributed by atoms with Crippen LogP contribution in [0.3, 0.4) is 0 Å². The molecule has 0 saturated heterocycles. The molecule has 0 amide bonds. The highest BCUT2D eigenvalue weighted by Gasteiger charge is 2.20. The van der Waals surface area contributed by atoms with Crippen LogP contribution >= 0.6 is 11.6 Å². The third kappa shape index (κ3) is 2.67. The van der Waals surface area contributed by atoms with E-state index in [1.165, 1.54) is 16.8 Å². The number of halogens is 1. The third-order valence-corrected chi connectivity index (χ3v) is 4.18. The molecule has 0 aromatic heterocycles. The van der Waals surface area contributed by atoms with Gasteiger partial charge in [-0.15, -0.1) is 0 Å². The molecule has 3 rings (SSSR count). The van der Waals surface area contributed by atoms with Gasteiger partial charge >= 0.3 is 0 Å². The first-order valence-corrected chi connectivity index (χ1v) is 7.44. The summed E-state index contributed by atoms with van der Waals surface area (Å²) < 4.78 is 0. The number of para-hydroxylation sites is 1. The van der Waals surface area contributed by atoms with Crippen molar-refractivity contribution >= 4 is 17.3 Å². The predicted octanol–water partition coefficient (Wildman–Crippen LogP) is 4.01. The zero-order valence-corrected chi connectivity index (χ0v) is 12.4. The average molecular weight is 287 g/mol. The normalized spacial score (nSPS) is 16.4. The van der Waals surface area contributed by atoms with Crippen LogP contribution in [0.15, 0.2) is 48.5 Å². The smallest absolute Gasteiger partial charge is 0.0515 e. The average Bonchev–Trinajstić information content (AvgIpc) is 2.69. The van der Waals surface area contributed by atoms with Crippen molar-refractivity contribution in [1.82, 2.24) is 5.32 Å². The Morgan fingerprint density at radius 1 is 1.15 bits per heavy atom. The molecule has 1 unspecified atom stereocenters. The lowest BCUT2D eigenvalue weighted by Crippen LogP contribution is -2.31. The van der Waals surface area contributed by atoms with E-state index in [0.717, 1.165) is 24.7 Å². The van der Waals surface area contributed by atoms with Crippen molar-refractivity contribution in [2.24, 2.45) is 0 Å². The molecule has 2 nitrogen and oxygen atoms in total. The van der Waals surface area contributed by atoms with Crippen LogP contribution in [0.4, 0.5) is 5.69 Å². The van der Waals surface area contributed by atoms with E-state index in [2.05, 4.69) is 53.5 Å². The van der Waals surface area contributed by atoms with Gasteiger partial charge in [-0.05, 0) is 36.2 Å². The summed E-state index contributed by atoms with van der Waals surface area (Å²) in [6.45, 7) is 5.19.